The molecule has 0 saturated carbocycles. The van der Waals surface area contributed by atoms with Crippen LogP contribution in [0.4, 0.5) is 5.82 Å². The minimum atomic E-state index is -1.24. The third kappa shape index (κ3) is 6.32. The van der Waals surface area contributed by atoms with E-state index in [1.165, 1.54) is 0 Å². The molecule has 2 N–H and O–H groups in total. The van der Waals surface area contributed by atoms with Crippen molar-refractivity contribution in [3.8, 4) is 11.1 Å². The van der Waals surface area contributed by atoms with Crippen LogP contribution in [0.1, 0.15) is 50.7 Å². The molecule has 6 aromatic carbocycles. The highest BCUT2D eigenvalue weighted by atomic mass is 16.5. The van der Waals surface area contributed by atoms with E-state index >= 15 is 0 Å². The number of quaternary nitrogens is 1. The van der Waals surface area contributed by atoms with Gasteiger partial charge in [-0.25, -0.2) is 4.79 Å². The molecule has 1 aromatic heterocycles. The van der Waals surface area contributed by atoms with Gasteiger partial charge in [0.15, 0.2) is 5.56 Å². The second-order valence-electron chi connectivity index (χ2n) is 13.6. The molecule has 0 amide bonds. The van der Waals surface area contributed by atoms with E-state index in [0.717, 1.165) is 44.5 Å². The number of hydrogen-bond donors (Lipinski definition) is 1. The number of carbonyl (C=O) groups excluding carboxylic acids is 1. The maximum Gasteiger partial charge on any atom is 0.347 e. The molecule has 9 nitrogen and oxygen atoms in total. The molecule has 0 fully saturated rings. The molecule has 1 aliphatic heterocycles. The Hall–Kier alpha value is -6.81. The number of nitrogens with zero attached hydrogens (tertiary/aromatic N) is 6. The standard InChI is InChI=1S/C47H42N7O2/c1-2-56-46(55)43-34-53(32-31-35-17-7-3-8-18-35)50-45(43)54(44(49-51-52-54)42-26-16-15-25-41(42)37-29-27-36(33-48)28-30-37)47(38-19-9-4-10-20-38,39-21-11-5-12-22-39)40-23-13-6-14-24-40/h3-30,34H,2,31-33,48H2,1H3/q+1. The number of rotatable bonds is 13. The Morgan fingerprint density at radius 1 is 0.679 bits per heavy atom. The van der Waals surface area contributed by atoms with Gasteiger partial charge in [0.2, 0.25) is 5.54 Å². The Bertz CT molecular complexity index is 2390. The van der Waals surface area contributed by atoms with Gasteiger partial charge in [-0.05, 0) is 41.7 Å². The zero-order valence-corrected chi connectivity index (χ0v) is 31.1. The fraction of sp³-hybridized carbons (Fsp3) is 0.128. The Kier molecular flexibility index (Phi) is 10.3. The SMILES string of the molecule is CCOC(=O)c1cn(CCc2ccccc2)nc1[N+]1(C(c2ccccc2)(c2ccccc2)c2ccccc2)N=NN=C1c1ccccc1-c1ccc(CN)cc1. The van der Waals surface area contributed by atoms with Crippen molar-refractivity contribution >= 4 is 17.6 Å². The van der Waals surface area contributed by atoms with Crippen molar-refractivity contribution in [3.05, 3.63) is 215 Å². The van der Waals surface area contributed by atoms with E-state index in [2.05, 4.69) is 72.0 Å². The molecule has 2 heterocycles. The molecule has 1 unspecified atom stereocenters. The van der Waals surface area contributed by atoms with E-state index in [4.69, 9.17) is 25.9 Å². The van der Waals surface area contributed by atoms with Gasteiger partial charge in [0.25, 0.3) is 11.7 Å². The minimum Gasteiger partial charge on any atom is -0.462 e. The molecule has 9 heteroatoms. The van der Waals surface area contributed by atoms with Crippen molar-refractivity contribution in [3.63, 3.8) is 0 Å². The lowest BCUT2D eigenvalue weighted by molar-refractivity contribution is 0.0523. The number of hydrogen-bond acceptors (Lipinski definition) is 7. The molecule has 0 bridgehead atoms. The van der Waals surface area contributed by atoms with Gasteiger partial charge in [0.1, 0.15) is 0 Å². The van der Waals surface area contributed by atoms with Crippen LogP contribution in [0.25, 0.3) is 11.1 Å². The minimum absolute atomic E-state index is 0.179. The molecule has 0 radical (unpaired) electrons. The van der Waals surface area contributed by atoms with Gasteiger partial charge in [-0.3, -0.25) is 4.68 Å². The summed E-state index contributed by atoms with van der Waals surface area (Å²) in [6.45, 7) is 2.92. The highest BCUT2D eigenvalue weighted by Gasteiger charge is 2.67. The van der Waals surface area contributed by atoms with Gasteiger partial charge in [0.05, 0.1) is 17.4 Å². The largest absolute Gasteiger partial charge is 0.462 e. The summed E-state index contributed by atoms with van der Waals surface area (Å²) in [6, 6.07) is 57.3. The van der Waals surface area contributed by atoms with Crippen LogP contribution in [0.2, 0.25) is 0 Å². The Morgan fingerprint density at radius 3 is 1.77 bits per heavy atom. The molecule has 56 heavy (non-hydrogen) atoms. The molecule has 7 aromatic rings. The van der Waals surface area contributed by atoms with E-state index in [1.54, 1.807) is 13.1 Å². The number of nitrogens with two attached hydrogens (primary N) is 1. The van der Waals surface area contributed by atoms with Crippen molar-refractivity contribution in [1.82, 2.24) is 14.4 Å². The van der Waals surface area contributed by atoms with E-state index in [0.29, 0.717) is 31.2 Å². The summed E-state index contributed by atoms with van der Waals surface area (Å²) in [4.78, 5) is 14.4. The number of aromatic nitrogens is 2. The van der Waals surface area contributed by atoms with Crippen LogP contribution in [0.15, 0.2) is 192 Å². The summed E-state index contributed by atoms with van der Waals surface area (Å²) in [5.41, 5.74) is 12.5. The summed E-state index contributed by atoms with van der Waals surface area (Å²) in [6.07, 6.45) is 2.47. The third-order valence-electron chi connectivity index (χ3n) is 10.4. The van der Waals surface area contributed by atoms with Crippen molar-refractivity contribution in [2.45, 2.75) is 32.0 Å². The van der Waals surface area contributed by atoms with E-state index < -0.39 is 16.1 Å². The number of esters is 1. The van der Waals surface area contributed by atoms with Crippen LogP contribution < -0.4 is 10.3 Å². The number of ether oxygens (including phenoxy) is 1. The quantitative estimate of drug-likeness (QED) is 0.0723. The van der Waals surface area contributed by atoms with Gasteiger partial charge in [0, 0.05) is 41.2 Å². The van der Waals surface area contributed by atoms with Gasteiger partial charge in [-0.2, -0.15) is 0 Å². The normalized spacial score (nSPS) is 15.1. The first kappa shape index (κ1) is 36.2. The van der Waals surface area contributed by atoms with Gasteiger partial charge in [-0.15, -0.1) is 5.10 Å². The van der Waals surface area contributed by atoms with Crippen molar-refractivity contribution in [1.29, 1.82) is 0 Å². The summed E-state index contributed by atoms with van der Waals surface area (Å²) in [5.74, 6) is 0.307. The monoisotopic (exact) mass is 736 g/mol. The lowest BCUT2D eigenvalue weighted by Crippen LogP contribution is -2.64. The van der Waals surface area contributed by atoms with Crippen molar-refractivity contribution in [2.24, 2.45) is 21.3 Å². The fourth-order valence-electron chi connectivity index (χ4n) is 7.84. The fourth-order valence-corrected chi connectivity index (χ4v) is 7.84. The Labute approximate surface area is 326 Å². The summed E-state index contributed by atoms with van der Waals surface area (Å²) in [5, 5.41) is 20.2. The summed E-state index contributed by atoms with van der Waals surface area (Å²) >= 11 is 0. The van der Waals surface area contributed by atoms with Crippen LogP contribution in [0, 0.1) is 0 Å². The molecule has 0 aliphatic carbocycles. The van der Waals surface area contributed by atoms with Gasteiger partial charge < -0.3 is 10.5 Å². The molecular formula is C47H42N7O2+. The molecular weight excluding hydrogens is 695 g/mol. The van der Waals surface area contributed by atoms with E-state index in [-0.39, 0.29) is 12.2 Å². The third-order valence-corrected chi connectivity index (χ3v) is 10.4. The van der Waals surface area contributed by atoms with Gasteiger partial charge in [-0.1, -0.05) is 173 Å². The zero-order chi connectivity index (χ0) is 38.4. The maximum atomic E-state index is 14.4. The van der Waals surface area contributed by atoms with Crippen molar-refractivity contribution in [2.75, 3.05) is 6.61 Å². The topological polar surface area (TPSA) is 107 Å². The van der Waals surface area contributed by atoms with Crippen LogP contribution >= 0.6 is 0 Å². The number of amidine groups is 1. The Balaban J connectivity index is 1.50. The summed E-state index contributed by atoms with van der Waals surface area (Å²) < 4.78 is 7.20. The highest BCUT2D eigenvalue weighted by molar-refractivity contribution is 6.13. The zero-order valence-electron chi connectivity index (χ0n) is 31.1. The van der Waals surface area contributed by atoms with E-state index in [9.17, 15) is 4.79 Å². The predicted octanol–water partition coefficient (Wildman–Crippen LogP) is 9.47. The maximum absolute atomic E-state index is 14.4. The van der Waals surface area contributed by atoms with Crippen LogP contribution in [-0.2, 0) is 29.8 Å². The number of carbonyl (C=O) groups is 1. The second kappa shape index (κ2) is 15.9. The molecule has 1 atom stereocenters. The van der Waals surface area contributed by atoms with Crippen LogP contribution in [0.3, 0.4) is 0 Å². The number of aryl methyl sites for hydroxylation is 2. The first-order valence-electron chi connectivity index (χ1n) is 18.8. The first-order chi connectivity index (χ1) is 27.6. The van der Waals surface area contributed by atoms with Crippen LogP contribution in [-0.4, -0.2) is 28.2 Å². The second-order valence-corrected chi connectivity index (χ2v) is 13.6. The molecule has 0 spiro atoms. The Morgan fingerprint density at radius 2 is 1.21 bits per heavy atom. The summed E-state index contributed by atoms with van der Waals surface area (Å²) in [7, 11) is 0. The molecule has 276 valence electrons. The molecule has 0 saturated heterocycles. The van der Waals surface area contributed by atoms with Crippen molar-refractivity contribution < 1.29 is 9.53 Å². The lowest BCUT2D eigenvalue weighted by atomic mass is 9.74. The smallest absolute Gasteiger partial charge is 0.347 e. The number of benzene rings is 6. The predicted molar refractivity (Wildman–Crippen MR) is 220 cm³/mol. The van der Waals surface area contributed by atoms with Crippen LogP contribution in [0.5, 0.6) is 0 Å². The van der Waals surface area contributed by atoms with E-state index in [1.807, 2.05) is 108 Å². The molecule has 8 rings (SSSR count). The first-order valence-corrected chi connectivity index (χ1v) is 18.8. The van der Waals surface area contributed by atoms with Gasteiger partial charge >= 0.3 is 5.97 Å². The average Bonchev–Trinajstić information content (AvgIpc) is 3.91. The molecule has 1 aliphatic rings. The highest BCUT2D eigenvalue weighted by Crippen LogP contribution is 2.54. The lowest BCUT2D eigenvalue weighted by Gasteiger charge is -2.45. The average molecular weight is 737 g/mol.